The van der Waals surface area contributed by atoms with E-state index in [0.29, 0.717) is 69.1 Å². The van der Waals surface area contributed by atoms with Gasteiger partial charge in [-0.25, -0.2) is 17.6 Å². The first-order chi connectivity index (χ1) is 43.1. The Kier molecular flexibility index (Phi) is 19.5. The highest BCUT2D eigenvalue weighted by atomic mass is 19.1. The average Bonchev–Trinajstić information content (AvgIpc) is 1.37. The number of ether oxygens (including phenoxy) is 4. The maximum Gasteiger partial charge on any atom is 0.311 e. The lowest BCUT2D eigenvalue weighted by molar-refractivity contribution is -0.135. The summed E-state index contributed by atoms with van der Waals surface area (Å²) in [4.78, 5) is 126. The number of unbranched alkanes of at least 4 members (excludes halogenated alkanes) is 8. The lowest BCUT2D eigenvalue weighted by atomic mass is 9.85. The van der Waals surface area contributed by atoms with Gasteiger partial charge in [0, 0.05) is 87.3 Å². The van der Waals surface area contributed by atoms with Crippen LogP contribution in [0, 0.1) is 29.2 Å². The van der Waals surface area contributed by atoms with Crippen LogP contribution in [0.1, 0.15) is 202 Å². The molecular formula is C64H74F4N8O14. The minimum absolute atomic E-state index is 0.0336. The summed E-state index contributed by atoms with van der Waals surface area (Å²) in [5.41, 5.74) is -5.58. The van der Waals surface area contributed by atoms with Crippen LogP contribution in [-0.2, 0) is 41.8 Å². The molecule has 2 aromatic heterocycles. The Bertz CT molecular complexity index is 3670. The number of hydrogen-bond acceptors (Lipinski definition) is 16. The normalized spacial score (nSPS) is 22.5. The second kappa shape index (κ2) is 27.3. The van der Waals surface area contributed by atoms with Crippen LogP contribution in [-0.4, -0.2) is 116 Å². The molecule has 0 aliphatic carbocycles. The van der Waals surface area contributed by atoms with Crippen LogP contribution in [0.4, 0.5) is 17.6 Å². The van der Waals surface area contributed by atoms with Gasteiger partial charge in [0.05, 0.1) is 38.6 Å². The van der Waals surface area contributed by atoms with E-state index in [-0.39, 0.29) is 72.9 Å². The third-order valence-electron chi connectivity index (χ3n) is 18.2. The molecule has 4 aromatic rings. The van der Waals surface area contributed by atoms with Gasteiger partial charge in [-0.3, -0.25) is 38.4 Å². The van der Waals surface area contributed by atoms with Crippen LogP contribution in [0.2, 0.25) is 0 Å². The first kappa shape index (κ1) is 64.4. The number of nitrogens with one attached hydrogen (secondary N) is 2. The van der Waals surface area contributed by atoms with E-state index in [9.17, 15) is 55.9 Å². The van der Waals surface area contributed by atoms with Gasteiger partial charge in [-0.1, -0.05) is 80.7 Å². The molecule has 1 unspecified atom stereocenters. The Morgan fingerprint density at radius 3 is 1.58 bits per heavy atom. The smallest absolute Gasteiger partial charge is 0.311 e. The Morgan fingerprint density at radius 2 is 1.11 bits per heavy atom. The van der Waals surface area contributed by atoms with Crippen molar-refractivity contribution in [2.45, 2.75) is 185 Å². The van der Waals surface area contributed by atoms with Crippen LogP contribution < -0.4 is 31.0 Å². The zero-order valence-corrected chi connectivity index (χ0v) is 51.0. The molecule has 4 amide bonds. The fourth-order valence-corrected chi connectivity index (χ4v) is 13.0. The third kappa shape index (κ3) is 13.5. The number of nitrogens with zero attached hydrogens (tertiary/aromatic N) is 6. The van der Waals surface area contributed by atoms with Crippen molar-refractivity contribution in [1.29, 1.82) is 0 Å². The number of carbonyl (C=O) groups excluding carboxylic acids is 6. The highest BCUT2D eigenvalue weighted by Crippen LogP contribution is 2.48. The number of aromatic nitrogens is 2. The first-order valence-electron chi connectivity index (χ1n) is 30.8. The van der Waals surface area contributed by atoms with E-state index in [0.717, 1.165) is 76.5 Å². The van der Waals surface area contributed by atoms with Crippen molar-refractivity contribution in [3.8, 4) is 11.5 Å². The second-order valence-corrected chi connectivity index (χ2v) is 24.5. The topological polar surface area (TPSA) is 257 Å². The summed E-state index contributed by atoms with van der Waals surface area (Å²) in [5.74, 6) is -8.43. The van der Waals surface area contributed by atoms with Gasteiger partial charge < -0.3 is 58.2 Å². The van der Waals surface area contributed by atoms with Gasteiger partial charge in [0.1, 0.15) is 34.4 Å². The Morgan fingerprint density at radius 1 is 0.656 bits per heavy atom. The number of amides is 4. The van der Waals surface area contributed by atoms with Crippen LogP contribution in [0.15, 0.2) is 68.7 Å². The molecule has 2 N–H and O–H groups in total. The van der Waals surface area contributed by atoms with E-state index in [1.54, 1.807) is 9.80 Å². The van der Waals surface area contributed by atoms with Crippen molar-refractivity contribution < 1.29 is 75.0 Å². The maximum absolute atomic E-state index is 14.6. The number of methoxy groups -OCH3 is 1. The SMILES string of the molecule is COC1=NO[C@@]2(CC[C@H](C)N3C[C@H]2n2cc(C(=O)NCc4ccc(F)cc4F)c(=O)c(OC(=O)CCCCCCCCCCCC(C)COC4=NO[C@@]5(CC[C@H](C)N6C[C@H]5n5cc(C(=O)NCc7ccc(F)cc7F)c(=O)c(OC(C)=O)c5C6=O)C4)c2C3=O)C1. The largest absolute Gasteiger partial charge is 0.482 e. The third-order valence-corrected chi connectivity index (χ3v) is 18.2. The molecule has 22 nitrogen and oxygen atoms in total. The highest BCUT2D eigenvalue weighted by molar-refractivity contribution is 6.01. The summed E-state index contributed by atoms with van der Waals surface area (Å²) in [6, 6.07) is 3.73. The molecule has 2 saturated heterocycles. The molecule has 2 fully saturated rings. The van der Waals surface area contributed by atoms with Crippen LogP contribution >= 0.6 is 0 Å². The average molecular weight is 1260 g/mol. The van der Waals surface area contributed by atoms with Crippen molar-refractivity contribution in [2.24, 2.45) is 16.2 Å². The molecule has 8 heterocycles. The lowest BCUT2D eigenvalue weighted by Crippen LogP contribution is -2.52. The Hall–Kier alpha value is -8.58. The first-order valence-corrected chi connectivity index (χ1v) is 30.8. The predicted octanol–water partition coefficient (Wildman–Crippen LogP) is 8.85. The van der Waals surface area contributed by atoms with Crippen molar-refractivity contribution in [2.75, 3.05) is 26.8 Å². The maximum atomic E-state index is 14.6. The molecule has 2 spiro atoms. The quantitative estimate of drug-likeness (QED) is 0.0423. The summed E-state index contributed by atoms with van der Waals surface area (Å²) < 4.78 is 82.1. The van der Waals surface area contributed by atoms with Gasteiger partial charge in [0.15, 0.2) is 22.6 Å². The monoisotopic (exact) mass is 1250 g/mol. The fraction of sp³-hybridized carbons (Fsp3) is 0.531. The Labute approximate surface area is 516 Å². The molecule has 0 radical (unpaired) electrons. The lowest BCUT2D eigenvalue weighted by Gasteiger charge is -2.41. The predicted molar refractivity (Wildman–Crippen MR) is 316 cm³/mol. The summed E-state index contributed by atoms with van der Waals surface area (Å²) in [6.07, 6.45) is 13.5. The second-order valence-electron chi connectivity index (χ2n) is 24.5. The molecule has 90 heavy (non-hydrogen) atoms. The van der Waals surface area contributed by atoms with Gasteiger partial charge in [-0.05, 0) is 70.4 Å². The van der Waals surface area contributed by atoms with E-state index in [1.165, 1.54) is 34.7 Å². The zero-order chi connectivity index (χ0) is 64.2. The van der Waals surface area contributed by atoms with Gasteiger partial charge in [0.2, 0.25) is 34.2 Å². The molecule has 10 rings (SSSR count). The van der Waals surface area contributed by atoms with Gasteiger partial charge in [0.25, 0.3) is 23.6 Å². The van der Waals surface area contributed by atoms with E-state index >= 15 is 0 Å². The number of esters is 2. The van der Waals surface area contributed by atoms with Crippen molar-refractivity contribution in [3.63, 3.8) is 0 Å². The van der Waals surface area contributed by atoms with Crippen LogP contribution in [0.25, 0.3) is 0 Å². The Balaban J connectivity index is 0.684. The standard InChI is InChI=1S/C64H74F4N8O14/c1-36(35-86-51-28-64(90-72-51)24-22-38(3)73-34-49(64)75-31-44(55(79)57(87-39(4)77)53(75)61(73)83)59(81)69-29-40-17-19-42(65)25-46(40)67)15-13-11-9-7-6-8-10-12-14-16-52(78)88-58-54-62(84)74-33-48(63(23-21-37(74)2)27-50(85-5)71-89-63)76(54)32-45(56(58)80)60(82)70-30-41-18-20-43(66)26-47(41)68/h17-20,25-26,31-32,36-38,48-49H,6-16,21-24,27-30,33-35H2,1-5H3,(H,69,81)(H,70,82)/t36?,37-,38-,48+,49+,63-,64-/m0/s1. The molecule has 482 valence electrons. The summed E-state index contributed by atoms with van der Waals surface area (Å²) >= 11 is 0. The van der Waals surface area contributed by atoms with E-state index in [4.69, 9.17) is 28.6 Å². The van der Waals surface area contributed by atoms with Crippen molar-refractivity contribution in [3.05, 3.63) is 126 Å². The molecule has 2 aromatic carbocycles. The number of carbonyl (C=O) groups is 6. The summed E-state index contributed by atoms with van der Waals surface area (Å²) in [6.45, 7) is 6.73. The molecule has 7 atom stereocenters. The van der Waals surface area contributed by atoms with Crippen LogP contribution in [0.3, 0.4) is 0 Å². The van der Waals surface area contributed by atoms with Gasteiger partial charge in [-0.15, -0.1) is 0 Å². The number of halogens is 4. The minimum Gasteiger partial charge on any atom is -0.482 e. The van der Waals surface area contributed by atoms with E-state index in [1.807, 2.05) is 13.8 Å². The number of pyridine rings is 2. The number of rotatable bonds is 22. The molecule has 6 aliphatic heterocycles. The molecule has 4 bridgehead atoms. The highest BCUT2D eigenvalue weighted by Gasteiger charge is 2.57. The molecule has 26 heteroatoms. The fourth-order valence-electron chi connectivity index (χ4n) is 13.0. The molecular weight excluding hydrogens is 1180 g/mol. The van der Waals surface area contributed by atoms with Gasteiger partial charge in [-0.2, -0.15) is 0 Å². The van der Waals surface area contributed by atoms with Gasteiger partial charge >= 0.3 is 11.9 Å². The zero-order valence-electron chi connectivity index (χ0n) is 51.0. The molecule has 0 saturated carbocycles. The minimum atomic E-state index is -1.09. The van der Waals surface area contributed by atoms with Crippen molar-refractivity contribution >= 4 is 47.4 Å². The molecule has 6 aliphatic rings. The summed E-state index contributed by atoms with van der Waals surface area (Å²) in [5, 5.41) is 13.5. The van der Waals surface area contributed by atoms with Crippen molar-refractivity contribution in [1.82, 2.24) is 29.6 Å². The number of fused-ring (bicyclic) bond motifs is 10. The van der Waals surface area contributed by atoms with E-state index in [2.05, 4.69) is 27.9 Å². The number of hydrogen-bond donors (Lipinski definition) is 2. The number of benzene rings is 2. The number of oxime groups is 2. The van der Waals surface area contributed by atoms with Crippen LogP contribution in [0.5, 0.6) is 11.5 Å². The van der Waals surface area contributed by atoms with E-state index < -0.39 is 129 Å². The summed E-state index contributed by atoms with van der Waals surface area (Å²) in [7, 11) is 1.46.